The summed E-state index contributed by atoms with van der Waals surface area (Å²) >= 11 is 1.68. The first-order valence-electron chi connectivity index (χ1n) is 6.24. The molecule has 1 heterocycles. The molecule has 1 aromatic rings. The van der Waals surface area contributed by atoms with Gasteiger partial charge in [0.25, 0.3) is 0 Å². The van der Waals surface area contributed by atoms with Gasteiger partial charge in [-0.1, -0.05) is 18.7 Å². The van der Waals surface area contributed by atoms with Crippen molar-refractivity contribution in [3.05, 3.63) is 6.33 Å². The molecule has 0 amide bonds. The number of nitrogens with zero attached hydrogens (tertiary/aromatic N) is 4. The van der Waals surface area contributed by atoms with E-state index in [1.807, 2.05) is 14.0 Å². The van der Waals surface area contributed by atoms with Gasteiger partial charge in [0, 0.05) is 12.8 Å². The molecule has 100 valence electrons. The molecule has 0 radical (unpaired) electrons. The van der Waals surface area contributed by atoms with Crippen molar-refractivity contribution >= 4 is 11.8 Å². The average Bonchev–Trinajstić information content (AvgIpc) is 2.78. The number of nitriles is 1. The topological polar surface area (TPSA) is 66.5 Å². The summed E-state index contributed by atoms with van der Waals surface area (Å²) in [6.07, 6.45) is 4.45. The Morgan fingerprint density at radius 2 is 2.39 bits per heavy atom. The zero-order valence-corrected chi connectivity index (χ0v) is 12.1. The maximum absolute atomic E-state index is 9.19. The second kappa shape index (κ2) is 7.39. The molecule has 0 saturated carbocycles. The van der Waals surface area contributed by atoms with E-state index in [9.17, 15) is 5.26 Å². The molecule has 1 N–H and O–H groups in total. The minimum Gasteiger partial charge on any atom is -0.300 e. The first-order chi connectivity index (χ1) is 8.61. The Bertz CT molecular complexity index is 397. The lowest BCUT2D eigenvalue weighted by molar-refractivity contribution is 0.415. The highest BCUT2D eigenvalue weighted by Gasteiger charge is 2.21. The molecular formula is C12H21N5S. The van der Waals surface area contributed by atoms with Crippen molar-refractivity contribution in [1.29, 1.82) is 5.26 Å². The maximum atomic E-state index is 9.19. The molecular weight excluding hydrogens is 246 g/mol. The van der Waals surface area contributed by atoms with E-state index >= 15 is 0 Å². The number of hydrogen-bond acceptors (Lipinski definition) is 5. The smallest absolute Gasteiger partial charge is 0.185 e. The summed E-state index contributed by atoms with van der Waals surface area (Å²) in [4.78, 5) is 4.15. The standard InChI is InChI=1S/C12H21N5S/c1-4-7-15-12(2,9-13)6-5-8-18-11-14-10-16-17(11)3/h10,15H,4-8H2,1-3H3. The van der Waals surface area contributed by atoms with Gasteiger partial charge >= 0.3 is 0 Å². The molecule has 6 heteroatoms. The van der Waals surface area contributed by atoms with Gasteiger partial charge in [0.15, 0.2) is 5.16 Å². The van der Waals surface area contributed by atoms with E-state index in [0.717, 1.165) is 36.7 Å². The van der Waals surface area contributed by atoms with Crippen LogP contribution in [0.25, 0.3) is 0 Å². The van der Waals surface area contributed by atoms with Gasteiger partial charge in [0.05, 0.1) is 6.07 Å². The minimum absolute atomic E-state index is 0.406. The quantitative estimate of drug-likeness (QED) is 0.576. The molecule has 0 bridgehead atoms. The van der Waals surface area contributed by atoms with Gasteiger partial charge in [-0.25, -0.2) is 9.67 Å². The van der Waals surface area contributed by atoms with Gasteiger partial charge in [-0.3, -0.25) is 5.32 Å². The number of nitrogens with one attached hydrogen (secondary N) is 1. The number of aromatic nitrogens is 3. The zero-order valence-electron chi connectivity index (χ0n) is 11.3. The zero-order chi connectivity index (χ0) is 13.4. The van der Waals surface area contributed by atoms with Crippen LogP contribution in [0.5, 0.6) is 0 Å². The third-order valence-corrected chi connectivity index (χ3v) is 3.85. The summed E-state index contributed by atoms with van der Waals surface area (Å²) in [6, 6.07) is 2.36. The lowest BCUT2D eigenvalue weighted by atomic mass is 9.98. The van der Waals surface area contributed by atoms with Crippen molar-refractivity contribution < 1.29 is 0 Å². The highest BCUT2D eigenvalue weighted by molar-refractivity contribution is 7.99. The third kappa shape index (κ3) is 4.67. The number of rotatable bonds is 8. The first-order valence-corrected chi connectivity index (χ1v) is 7.23. The second-order valence-electron chi connectivity index (χ2n) is 4.49. The van der Waals surface area contributed by atoms with E-state index in [0.29, 0.717) is 0 Å². The highest BCUT2D eigenvalue weighted by Crippen LogP contribution is 2.18. The van der Waals surface area contributed by atoms with E-state index in [1.165, 1.54) is 0 Å². The molecule has 1 aromatic heterocycles. The fraction of sp³-hybridized carbons (Fsp3) is 0.750. The third-order valence-electron chi connectivity index (χ3n) is 2.73. The van der Waals surface area contributed by atoms with Crippen LogP contribution in [-0.4, -0.2) is 32.6 Å². The lowest BCUT2D eigenvalue weighted by Gasteiger charge is -2.22. The summed E-state index contributed by atoms with van der Waals surface area (Å²) in [5.74, 6) is 0.956. The SMILES string of the molecule is CCCNC(C)(C#N)CCCSc1ncnn1C. The van der Waals surface area contributed by atoms with Crippen molar-refractivity contribution in [2.24, 2.45) is 7.05 Å². The normalized spacial score (nSPS) is 14.1. The van der Waals surface area contributed by atoms with E-state index in [2.05, 4.69) is 28.4 Å². The van der Waals surface area contributed by atoms with Gasteiger partial charge in [0.2, 0.25) is 0 Å². The highest BCUT2D eigenvalue weighted by atomic mass is 32.2. The monoisotopic (exact) mass is 267 g/mol. The fourth-order valence-electron chi connectivity index (χ4n) is 1.59. The number of aryl methyl sites for hydroxylation is 1. The van der Waals surface area contributed by atoms with Gasteiger partial charge in [-0.05, 0) is 32.7 Å². The number of hydrogen-bond donors (Lipinski definition) is 1. The van der Waals surface area contributed by atoms with E-state index in [1.54, 1.807) is 22.8 Å². The van der Waals surface area contributed by atoms with Gasteiger partial charge in [0.1, 0.15) is 11.9 Å². The van der Waals surface area contributed by atoms with Crippen LogP contribution in [0.3, 0.4) is 0 Å². The van der Waals surface area contributed by atoms with Crippen molar-refractivity contribution in [2.75, 3.05) is 12.3 Å². The van der Waals surface area contributed by atoms with Crippen LogP contribution in [0.2, 0.25) is 0 Å². The summed E-state index contributed by atoms with van der Waals surface area (Å²) < 4.78 is 1.77. The average molecular weight is 267 g/mol. The predicted octanol–water partition coefficient (Wildman–Crippen LogP) is 1.97. The lowest BCUT2D eigenvalue weighted by Crippen LogP contribution is -2.41. The van der Waals surface area contributed by atoms with Crippen molar-refractivity contribution in [2.45, 2.75) is 43.8 Å². The maximum Gasteiger partial charge on any atom is 0.185 e. The fourth-order valence-corrected chi connectivity index (χ4v) is 2.42. The number of thioether (sulfide) groups is 1. The molecule has 0 aromatic carbocycles. The van der Waals surface area contributed by atoms with Crippen LogP contribution in [0.15, 0.2) is 11.5 Å². The summed E-state index contributed by atoms with van der Waals surface area (Å²) in [7, 11) is 1.89. The van der Waals surface area contributed by atoms with E-state index < -0.39 is 5.54 Å². The largest absolute Gasteiger partial charge is 0.300 e. The molecule has 1 unspecified atom stereocenters. The van der Waals surface area contributed by atoms with Crippen LogP contribution >= 0.6 is 11.8 Å². The molecule has 5 nitrogen and oxygen atoms in total. The van der Waals surface area contributed by atoms with Crippen LogP contribution in [-0.2, 0) is 7.05 Å². The van der Waals surface area contributed by atoms with Crippen LogP contribution in [0, 0.1) is 11.3 Å². The Balaban J connectivity index is 2.28. The molecule has 0 aliphatic heterocycles. The summed E-state index contributed by atoms with van der Waals surface area (Å²) in [5.41, 5.74) is -0.406. The van der Waals surface area contributed by atoms with Crippen LogP contribution in [0.4, 0.5) is 0 Å². The Labute approximate surface area is 113 Å². The van der Waals surface area contributed by atoms with Crippen LogP contribution < -0.4 is 5.32 Å². The van der Waals surface area contributed by atoms with E-state index in [-0.39, 0.29) is 0 Å². The Morgan fingerprint density at radius 1 is 1.61 bits per heavy atom. The molecule has 18 heavy (non-hydrogen) atoms. The van der Waals surface area contributed by atoms with Crippen molar-refractivity contribution in [3.8, 4) is 6.07 Å². The Kier molecular flexibility index (Phi) is 6.16. The van der Waals surface area contributed by atoms with Crippen LogP contribution in [0.1, 0.15) is 33.1 Å². The Morgan fingerprint density at radius 3 is 2.94 bits per heavy atom. The van der Waals surface area contributed by atoms with Crippen molar-refractivity contribution in [3.63, 3.8) is 0 Å². The molecule has 0 saturated heterocycles. The molecule has 0 fully saturated rings. The summed E-state index contributed by atoms with van der Waals surface area (Å²) in [5, 5.41) is 17.4. The molecule has 0 aliphatic carbocycles. The molecule has 0 spiro atoms. The van der Waals surface area contributed by atoms with Crippen molar-refractivity contribution in [1.82, 2.24) is 20.1 Å². The molecule has 1 rings (SSSR count). The van der Waals surface area contributed by atoms with Gasteiger partial charge in [-0.2, -0.15) is 10.4 Å². The molecule has 1 atom stereocenters. The second-order valence-corrected chi connectivity index (χ2v) is 5.55. The minimum atomic E-state index is -0.406. The molecule has 0 aliphatic rings. The summed E-state index contributed by atoms with van der Waals surface area (Å²) in [6.45, 7) is 4.96. The van der Waals surface area contributed by atoms with Gasteiger partial charge < -0.3 is 0 Å². The first kappa shape index (κ1) is 15.0. The Hall–Kier alpha value is -1.06. The van der Waals surface area contributed by atoms with Gasteiger partial charge in [-0.15, -0.1) is 0 Å². The van der Waals surface area contributed by atoms with E-state index in [4.69, 9.17) is 0 Å². The predicted molar refractivity (Wildman–Crippen MR) is 73.3 cm³/mol.